The molecule has 1 aromatic heterocycles. The number of benzene rings is 1. The highest BCUT2D eigenvalue weighted by Crippen LogP contribution is 2.36. The summed E-state index contributed by atoms with van der Waals surface area (Å²) in [6.07, 6.45) is -1.93. The molecule has 3 nitrogen and oxygen atoms in total. The summed E-state index contributed by atoms with van der Waals surface area (Å²) in [5, 5.41) is -0.842. The Balaban J connectivity index is 2.67. The lowest BCUT2D eigenvalue weighted by Gasteiger charge is -2.12. The van der Waals surface area contributed by atoms with Crippen LogP contribution >= 0.6 is 11.6 Å². The van der Waals surface area contributed by atoms with E-state index >= 15 is 0 Å². The van der Waals surface area contributed by atoms with E-state index in [0.717, 1.165) is 18.2 Å². The van der Waals surface area contributed by atoms with Crippen molar-refractivity contribution in [3.63, 3.8) is 0 Å². The van der Waals surface area contributed by atoms with E-state index in [1.807, 2.05) is 0 Å². The summed E-state index contributed by atoms with van der Waals surface area (Å²) < 4.78 is 38.7. The minimum atomic E-state index is -4.57. The molecule has 0 spiro atoms. The van der Waals surface area contributed by atoms with Crippen LogP contribution in [0.1, 0.15) is 15.9 Å². The average molecular weight is 287 g/mol. The third-order valence-corrected chi connectivity index (χ3v) is 2.58. The van der Waals surface area contributed by atoms with Crippen molar-refractivity contribution in [3.05, 3.63) is 47.8 Å². The van der Waals surface area contributed by atoms with Gasteiger partial charge in [0.05, 0.1) is 5.56 Å². The smallest absolute Gasteiger partial charge is 0.276 e. The van der Waals surface area contributed by atoms with Crippen LogP contribution < -0.4 is 0 Å². The predicted octanol–water partition coefficient (Wildman–Crippen LogP) is 3.54. The van der Waals surface area contributed by atoms with Crippen molar-refractivity contribution in [1.82, 2.24) is 9.97 Å². The quantitative estimate of drug-likeness (QED) is 0.793. The van der Waals surface area contributed by atoms with Gasteiger partial charge in [-0.3, -0.25) is 4.79 Å². The van der Waals surface area contributed by atoms with Gasteiger partial charge in [-0.1, -0.05) is 0 Å². The molecule has 0 radical (unpaired) electrons. The summed E-state index contributed by atoms with van der Waals surface area (Å²) in [6.45, 7) is 0. The highest BCUT2D eigenvalue weighted by Gasteiger charge is 2.34. The summed E-state index contributed by atoms with van der Waals surface area (Å²) in [5.74, 6) is -0.116. The van der Waals surface area contributed by atoms with E-state index < -0.39 is 17.0 Å². The lowest BCUT2D eigenvalue weighted by atomic mass is 10.0. The molecule has 0 fully saturated rings. The number of hydrogen-bond donors (Lipinski definition) is 0. The van der Waals surface area contributed by atoms with Crippen LogP contribution in [-0.2, 0) is 6.18 Å². The Morgan fingerprint density at radius 1 is 1.16 bits per heavy atom. The number of aromatic nitrogens is 2. The fourth-order valence-corrected chi connectivity index (χ4v) is 1.65. The molecule has 0 aliphatic rings. The maximum absolute atomic E-state index is 12.9. The molecule has 0 N–H and O–H groups in total. The first-order valence-electron chi connectivity index (χ1n) is 5.08. The van der Waals surface area contributed by atoms with Crippen LogP contribution in [0.15, 0.2) is 36.7 Å². The molecule has 1 aromatic carbocycles. The summed E-state index contributed by atoms with van der Waals surface area (Å²) in [6, 6.07) is 4.33. The molecular weight excluding hydrogens is 281 g/mol. The van der Waals surface area contributed by atoms with Gasteiger partial charge < -0.3 is 0 Å². The van der Waals surface area contributed by atoms with E-state index in [4.69, 9.17) is 11.6 Å². The molecule has 0 aliphatic heterocycles. The molecule has 0 amide bonds. The van der Waals surface area contributed by atoms with Crippen molar-refractivity contribution in [2.45, 2.75) is 6.18 Å². The number of rotatable bonds is 2. The van der Waals surface area contributed by atoms with Gasteiger partial charge in [0.25, 0.3) is 5.24 Å². The van der Waals surface area contributed by atoms with Crippen LogP contribution in [0, 0.1) is 0 Å². The fraction of sp³-hybridized carbons (Fsp3) is 0.0833. The lowest BCUT2D eigenvalue weighted by Crippen LogP contribution is -2.09. The van der Waals surface area contributed by atoms with Crippen molar-refractivity contribution in [2.75, 3.05) is 0 Å². The number of hydrogen-bond acceptors (Lipinski definition) is 3. The normalized spacial score (nSPS) is 11.4. The number of carbonyl (C=O) groups is 1. The Bertz CT molecular complexity index is 614. The highest BCUT2D eigenvalue weighted by molar-refractivity contribution is 6.67. The molecular formula is C12H6ClF3N2O. The molecule has 0 bridgehead atoms. The van der Waals surface area contributed by atoms with Gasteiger partial charge >= 0.3 is 6.18 Å². The molecule has 0 unspecified atom stereocenters. The molecule has 0 atom stereocenters. The molecule has 1 heterocycles. The SMILES string of the molecule is O=C(Cl)c1ccc(C(F)(F)F)c(-c2ncccn2)c1. The first-order valence-corrected chi connectivity index (χ1v) is 5.46. The minimum Gasteiger partial charge on any atom is -0.276 e. The van der Waals surface area contributed by atoms with Gasteiger partial charge in [-0.2, -0.15) is 13.2 Å². The Labute approximate surface area is 111 Å². The summed E-state index contributed by atoms with van der Waals surface area (Å²) in [5.41, 5.74) is -1.24. The Kier molecular flexibility index (Phi) is 3.53. The topological polar surface area (TPSA) is 42.9 Å². The van der Waals surface area contributed by atoms with E-state index in [1.54, 1.807) is 0 Å². The maximum atomic E-state index is 12.9. The summed E-state index contributed by atoms with van der Waals surface area (Å²) in [4.78, 5) is 18.5. The van der Waals surface area contributed by atoms with Crippen molar-refractivity contribution in [2.24, 2.45) is 0 Å². The van der Waals surface area contributed by atoms with Crippen LogP contribution in [0.2, 0.25) is 0 Å². The van der Waals surface area contributed by atoms with E-state index in [-0.39, 0.29) is 17.0 Å². The summed E-state index contributed by atoms with van der Waals surface area (Å²) >= 11 is 5.27. The van der Waals surface area contributed by atoms with Gasteiger partial charge in [-0.25, -0.2) is 9.97 Å². The second kappa shape index (κ2) is 4.97. The zero-order chi connectivity index (χ0) is 14.0. The van der Waals surface area contributed by atoms with Crippen molar-refractivity contribution < 1.29 is 18.0 Å². The largest absolute Gasteiger partial charge is 0.417 e. The number of nitrogens with zero attached hydrogens (tertiary/aromatic N) is 2. The van der Waals surface area contributed by atoms with Gasteiger partial charge in [0.1, 0.15) is 0 Å². The highest BCUT2D eigenvalue weighted by atomic mass is 35.5. The molecule has 19 heavy (non-hydrogen) atoms. The monoisotopic (exact) mass is 286 g/mol. The second-order valence-corrected chi connectivity index (χ2v) is 3.95. The average Bonchev–Trinajstić information content (AvgIpc) is 2.38. The van der Waals surface area contributed by atoms with E-state index in [1.165, 1.54) is 18.5 Å². The fourth-order valence-electron chi connectivity index (χ4n) is 1.54. The summed E-state index contributed by atoms with van der Waals surface area (Å²) in [7, 11) is 0. The molecule has 2 aromatic rings. The molecule has 0 aliphatic carbocycles. The van der Waals surface area contributed by atoms with Gasteiger partial charge in [0.15, 0.2) is 5.82 Å². The van der Waals surface area contributed by atoms with Crippen LogP contribution in [-0.4, -0.2) is 15.2 Å². The van der Waals surface area contributed by atoms with Crippen molar-refractivity contribution in [3.8, 4) is 11.4 Å². The van der Waals surface area contributed by atoms with Crippen LogP contribution in [0.5, 0.6) is 0 Å². The van der Waals surface area contributed by atoms with E-state index in [9.17, 15) is 18.0 Å². The molecule has 0 saturated carbocycles. The van der Waals surface area contributed by atoms with Crippen LogP contribution in [0.25, 0.3) is 11.4 Å². The van der Waals surface area contributed by atoms with E-state index in [0.29, 0.717) is 0 Å². The van der Waals surface area contributed by atoms with Gasteiger partial charge in [-0.15, -0.1) is 0 Å². The first-order chi connectivity index (χ1) is 8.89. The zero-order valence-corrected chi connectivity index (χ0v) is 10.0. The standard InChI is InChI=1S/C12H6ClF3N2O/c13-10(19)7-2-3-9(12(14,15)16)8(6-7)11-17-4-1-5-18-11/h1-6H. The van der Waals surface area contributed by atoms with Crippen molar-refractivity contribution in [1.29, 1.82) is 0 Å². The Morgan fingerprint density at radius 2 is 1.79 bits per heavy atom. The van der Waals surface area contributed by atoms with Gasteiger partial charge in [0, 0.05) is 23.5 Å². The third kappa shape index (κ3) is 2.90. The number of halogens is 4. The molecule has 98 valence electrons. The maximum Gasteiger partial charge on any atom is 0.417 e. The third-order valence-electron chi connectivity index (χ3n) is 2.36. The van der Waals surface area contributed by atoms with E-state index in [2.05, 4.69) is 9.97 Å². The van der Waals surface area contributed by atoms with Crippen LogP contribution in [0.4, 0.5) is 13.2 Å². The lowest BCUT2D eigenvalue weighted by molar-refractivity contribution is -0.137. The number of carbonyl (C=O) groups excluding carboxylic acids is 1. The minimum absolute atomic E-state index is 0.0443. The molecule has 7 heteroatoms. The second-order valence-electron chi connectivity index (χ2n) is 3.60. The predicted molar refractivity (Wildman–Crippen MR) is 62.7 cm³/mol. The van der Waals surface area contributed by atoms with Crippen molar-refractivity contribution >= 4 is 16.8 Å². The number of alkyl halides is 3. The van der Waals surface area contributed by atoms with Gasteiger partial charge in [-0.05, 0) is 35.9 Å². The Hall–Kier alpha value is -1.95. The van der Waals surface area contributed by atoms with Crippen LogP contribution in [0.3, 0.4) is 0 Å². The molecule has 2 rings (SSSR count). The first kappa shape index (κ1) is 13.5. The van der Waals surface area contributed by atoms with Gasteiger partial charge in [0.2, 0.25) is 0 Å². The molecule has 0 saturated heterocycles. The Morgan fingerprint density at radius 3 is 2.32 bits per heavy atom. The zero-order valence-electron chi connectivity index (χ0n) is 9.28.